The van der Waals surface area contributed by atoms with Crippen molar-refractivity contribution in [3.63, 3.8) is 0 Å². The Labute approximate surface area is 133 Å². The van der Waals surface area contributed by atoms with Crippen molar-refractivity contribution < 1.29 is 19.0 Å². The number of fused-ring (bicyclic) bond motifs is 1. The summed E-state index contributed by atoms with van der Waals surface area (Å²) in [6.07, 6.45) is 3.94. The number of ether oxygens (including phenoxy) is 3. The number of nitrogens with one attached hydrogen (secondary N) is 1. The van der Waals surface area contributed by atoms with Crippen LogP contribution in [0.3, 0.4) is 0 Å². The second kappa shape index (κ2) is 9.70. The minimum Gasteiger partial charge on any atom is -0.449 e. The number of hydrogen-bond acceptors (Lipinski definition) is 4. The van der Waals surface area contributed by atoms with Crippen LogP contribution < -0.4 is 5.32 Å². The van der Waals surface area contributed by atoms with Gasteiger partial charge in [-0.05, 0) is 37.5 Å². The van der Waals surface area contributed by atoms with Gasteiger partial charge in [0.2, 0.25) is 0 Å². The maximum atomic E-state index is 11.6. The van der Waals surface area contributed by atoms with E-state index in [0.29, 0.717) is 57.3 Å². The molecule has 1 amide bonds. The summed E-state index contributed by atoms with van der Waals surface area (Å²) in [4.78, 5) is 11.6. The number of alkyl carbamates (subject to hydrolysis) is 1. The van der Waals surface area contributed by atoms with Crippen LogP contribution in [0.5, 0.6) is 0 Å². The zero-order chi connectivity index (χ0) is 15.6. The molecule has 3 atom stereocenters. The largest absolute Gasteiger partial charge is 0.449 e. The molecule has 0 radical (unpaired) electrons. The number of carbonyl (C=O) groups is 1. The fourth-order valence-corrected chi connectivity index (χ4v) is 3.09. The molecule has 0 bridgehead atoms. The van der Waals surface area contributed by atoms with Crippen molar-refractivity contribution >= 4 is 6.09 Å². The highest BCUT2D eigenvalue weighted by atomic mass is 16.6. The first-order chi connectivity index (χ1) is 10.8. The lowest BCUT2D eigenvalue weighted by Crippen LogP contribution is -2.29. The summed E-state index contributed by atoms with van der Waals surface area (Å²) in [5, 5.41) is 2.71. The van der Waals surface area contributed by atoms with E-state index in [2.05, 4.69) is 17.2 Å². The Balaban J connectivity index is 1.47. The van der Waals surface area contributed by atoms with E-state index < -0.39 is 0 Å². The summed E-state index contributed by atoms with van der Waals surface area (Å²) in [7, 11) is 0. The molecule has 0 aromatic rings. The Morgan fingerprint density at radius 3 is 2.45 bits per heavy atom. The topological polar surface area (TPSA) is 56.8 Å². The van der Waals surface area contributed by atoms with E-state index in [-0.39, 0.29) is 6.09 Å². The Hall–Kier alpha value is -1.25. The van der Waals surface area contributed by atoms with Gasteiger partial charge in [0.1, 0.15) is 0 Å². The van der Waals surface area contributed by atoms with Crippen molar-refractivity contribution in [3.05, 3.63) is 0 Å². The number of hydrogen-bond donors (Lipinski definition) is 1. The molecule has 22 heavy (non-hydrogen) atoms. The van der Waals surface area contributed by atoms with Crippen LogP contribution in [0, 0.1) is 29.6 Å². The van der Waals surface area contributed by atoms with E-state index in [0.717, 1.165) is 25.7 Å². The van der Waals surface area contributed by atoms with Crippen molar-refractivity contribution in [1.82, 2.24) is 5.32 Å². The van der Waals surface area contributed by atoms with Crippen molar-refractivity contribution in [3.8, 4) is 11.8 Å². The average Bonchev–Trinajstić information content (AvgIpc) is 3.14. The quantitative estimate of drug-likeness (QED) is 0.524. The van der Waals surface area contributed by atoms with E-state index in [4.69, 9.17) is 14.2 Å². The van der Waals surface area contributed by atoms with Crippen LogP contribution in [0.2, 0.25) is 0 Å². The second-order valence-electron chi connectivity index (χ2n) is 5.76. The SMILES string of the molecule is CCOCCOCCNC(=O)OC[C@@H]1[C@@H]2CCC#CCC[C@@H]21. The number of rotatable bonds is 9. The van der Waals surface area contributed by atoms with Crippen LogP contribution in [0.25, 0.3) is 0 Å². The summed E-state index contributed by atoms with van der Waals surface area (Å²) in [6, 6.07) is 0. The van der Waals surface area contributed by atoms with Gasteiger partial charge in [-0.1, -0.05) is 0 Å². The molecule has 5 heteroatoms. The van der Waals surface area contributed by atoms with E-state index in [9.17, 15) is 4.79 Å². The van der Waals surface area contributed by atoms with Crippen molar-refractivity contribution in [2.45, 2.75) is 32.6 Å². The molecule has 0 heterocycles. The predicted molar refractivity (Wildman–Crippen MR) is 83.4 cm³/mol. The van der Waals surface area contributed by atoms with E-state index in [1.54, 1.807) is 0 Å². The smallest absolute Gasteiger partial charge is 0.407 e. The summed E-state index contributed by atoms with van der Waals surface area (Å²) < 4.78 is 15.8. The maximum Gasteiger partial charge on any atom is 0.407 e. The Morgan fingerprint density at radius 2 is 1.77 bits per heavy atom. The van der Waals surface area contributed by atoms with Crippen LogP contribution in [0.15, 0.2) is 0 Å². The van der Waals surface area contributed by atoms with Gasteiger partial charge >= 0.3 is 6.09 Å². The van der Waals surface area contributed by atoms with Gasteiger partial charge in [0.25, 0.3) is 0 Å². The van der Waals surface area contributed by atoms with Crippen LogP contribution in [0.1, 0.15) is 32.6 Å². The van der Waals surface area contributed by atoms with Gasteiger partial charge in [0, 0.05) is 26.0 Å². The molecule has 1 N–H and O–H groups in total. The third-order valence-corrected chi connectivity index (χ3v) is 4.34. The molecule has 0 saturated heterocycles. The molecule has 1 fully saturated rings. The van der Waals surface area contributed by atoms with Crippen molar-refractivity contribution in [1.29, 1.82) is 0 Å². The fourth-order valence-electron chi connectivity index (χ4n) is 3.09. The molecule has 0 aromatic heterocycles. The first-order valence-electron chi connectivity index (χ1n) is 8.34. The van der Waals surface area contributed by atoms with Gasteiger partial charge < -0.3 is 19.5 Å². The first-order valence-corrected chi connectivity index (χ1v) is 8.34. The summed E-state index contributed by atoms with van der Waals surface area (Å²) in [5.41, 5.74) is 0. The third kappa shape index (κ3) is 5.86. The van der Waals surface area contributed by atoms with E-state index in [1.807, 2.05) is 6.92 Å². The van der Waals surface area contributed by atoms with E-state index >= 15 is 0 Å². The Bertz CT molecular complexity index is 383. The lowest BCUT2D eigenvalue weighted by molar-refractivity contribution is 0.0532. The van der Waals surface area contributed by atoms with Crippen LogP contribution in [0.4, 0.5) is 4.79 Å². The zero-order valence-electron chi connectivity index (χ0n) is 13.4. The summed E-state index contributed by atoms with van der Waals surface area (Å²) in [5.74, 6) is 8.34. The Morgan fingerprint density at radius 1 is 1.09 bits per heavy atom. The van der Waals surface area contributed by atoms with E-state index in [1.165, 1.54) is 0 Å². The lowest BCUT2D eigenvalue weighted by Gasteiger charge is -2.07. The molecule has 2 rings (SSSR count). The zero-order valence-corrected chi connectivity index (χ0v) is 13.4. The summed E-state index contributed by atoms with van der Waals surface area (Å²) >= 11 is 0. The average molecular weight is 309 g/mol. The van der Waals surface area contributed by atoms with Gasteiger partial charge in [-0.3, -0.25) is 0 Å². The monoisotopic (exact) mass is 309 g/mol. The molecule has 5 nitrogen and oxygen atoms in total. The van der Waals surface area contributed by atoms with Gasteiger partial charge in [0.05, 0.1) is 26.4 Å². The van der Waals surface area contributed by atoms with Gasteiger partial charge in [-0.2, -0.15) is 0 Å². The lowest BCUT2D eigenvalue weighted by atomic mass is 10.1. The molecule has 0 spiro atoms. The second-order valence-corrected chi connectivity index (χ2v) is 5.76. The molecule has 0 aliphatic heterocycles. The minimum atomic E-state index is -0.344. The Kier molecular flexibility index (Phi) is 7.55. The molecule has 0 unspecified atom stereocenters. The molecule has 1 saturated carbocycles. The highest BCUT2D eigenvalue weighted by Crippen LogP contribution is 2.52. The summed E-state index contributed by atoms with van der Waals surface area (Å²) in [6.45, 7) is 5.28. The third-order valence-electron chi connectivity index (χ3n) is 4.34. The van der Waals surface area contributed by atoms with Gasteiger partial charge in [-0.15, -0.1) is 11.8 Å². The molecule has 2 aliphatic carbocycles. The fraction of sp³-hybridized carbons (Fsp3) is 0.824. The van der Waals surface area contributed by atoms with Crippen molar-refractivity contribution in [2.75, 3.05) is 39.6 Å². The molecular formula is C17H27NO4. The van der Waals surface area contributed by atoms with Gasteiger partial charge in [0.15, 0.2) is 0 Å². The van der Waals surface area contributed by atoms with Crippen LogP contribution in [-0.2, 0) is 14.2 Å². The highest BCUT2D eigenvalue weighted by Gasteiger charge is 2.49. The van der Waals surface area contributed by atoms with Gasteiger partial charge in [-0.25, -0.2) is 4.79 Å². The minimum absolute atomic E-state index is 0.344. The molecule has 124 valence electrons. The molecular weight excluding hydrogens is 282 g/mol. The molecule has 0 aromatic carbocycles. The first kappa shape index (κ1) is 17.1. The molecule has 2 aliphatic rings. The predicted octanol–water partition coefficient (Wildman–Crippen LogP) is 2.21. The number of carbonyl (C=O) groups excluding carboxylic acids is 1. The maximum absolute atomic E-state index is 11.6. The van der Waals surface area contributed by atoms with Crippen LogP contribution in [-0.4, -0.2) is 45.7 Å². The standard InChI is InChI=1S/C17H27NO4/c1-2-20-11-12-21-10-9-18-17(19)22-13-16-14-7-5-3-4-6-8-15(14)16/h14-16H,2,5-13H2,1H3,(H,18,19)/t14-,15+,16-. The number of amides is 1. The van der Waals surface area contributed by atoms with Crippen LogP contribution >= 0.6 is 0 Å². The van der Waals surface area contributed by atoms with Crippen molar-refractivity contribution in [2.24, 2.45) is 17.8 Å². The normalized spacial score (nSPS) is 26.0. The highest BCUT2D eigenvalue weighted by molar-refractivity contribution is 5.67.